The van der Waals surface area contributed by atoms with Crippen LogP contribution in [0.1, 0.15) is 17.8 Å². The second-order valence-corrected chi connectivity index (χ2v) is 10.1. The average molecular weight is 433 g/mol. The number of nitrogens with one attached hydrogen (secondary N) is 2. The maximum absolute atomic E-state index is 11.1. The Kier molecular flexibility index (Phi) is 9.66. The van der Waals surface area contributed by atoms with E-state index in [1.54, 1.807) is 18.4 Å². The van der Waals surface area contributed by atoms with Gasteiger partial charge in [0, 0.05) is 44.4 Å². The van der Waals surface area contributed by atoms with Crippen LogP contribution in [0.2, 0.25) is 0 Å². The first kappa shape index (κ1) is 23.1. The SMILES string of the molecule is CN=C(NCCOCCS(C)(=O)=O)NCC(c1cccs1)N1CCOC(C)C1. The Morgan fingerprint density at radius 2 is 2.29 bits per heavy atom. The number of sulfone groups is 1. The topological polar surface area (TPSA) is 92.3 Å². The highest BCUT2D eigenvalue weighted by molar-refractivity contribution is 7.90. The minimum absolute atomic E-state index is 0.0421. The normalized spacial score (nSPS) is 20.1. The number of aliphatic imine (C=N–C) groups is 1. The van der Waals surface area contributed by atoms with E-state index < -0.39 is 9.84 Å². The molecule has 0 spiro atoms. The van der Waals surface area contributed by atoms with E-state index in [2.05, 4.69) is 45.0 Å². The Hall–Kier alpha value is -1.20. The van der Waals surface area contributed by atoms with Gasteiger partial charge in [0.1, 0.15) is 9.84 Å². The zero-order chi connectivity index (χ0) is 20.4. The second kappa shape index (κ2) is 11.7. The second-order valence-electron chi connectivity index (χ2n) is 6.83. The fourth-order valence-corrected chi connectivity index (χ4v) is 4.27. The van der Waals surface area contributed by atoms with E-state index in [0.29, 0.717) is 19.1 Å². The predicted octanol–water partition coefficient (Wildman–Crippen LogP) is 0.736. The highest BCUT2D eigenvalue weighted by Crippen LogP contribution is 2.26. The number of morpholine rings is 1. The molecular formula is C18H32N4O4S2. The van der Waals surface area contributed by atoms with Crippen molar-refractivity contribution in [1.29, 1.82) is 0 Å². The van der Waals surface area contributed by atoms with Crippen LogP contribution < -0.4 is 10.6 Å². The molecule has 2 N–H and O–H groups in total. The van der Waals surface area contributed by atoms with Crippen LogP contribution in [0.25, 0.3) is 0 Å². The molecule has 0 radical (unpaired) electrons. The molecule has 160 valence electrons. The van der Waals surface area contributed by atoms with Gasteiger partial charge in [-0.05, 0) is 18.4 Å². The van der Waals surface area contributed by atoms with E-state index in [9.17, 15) is 8.42 Å². The molecule has 2 rings (SSSR count). The quantitative estimate of drug-likeness (QED) is 0.320. The van der Waals surface area contributed by atoms with Crippen molar-refractivity contribution in [2.75, 3.05) is 65.1 Å². The summed E-state index contributed by atoms with van der Waals surface area (Å²) in [5.74, 6) is 0.745. The van der Waals surface area contributed by atoms with Gasteiger partial charge in [0.25, 0.3) is 0 Å². The minimum atomic E-state index is -2.98. The molecule has 1 aromatic heterocycles. The Morgan fingerprint density at radius 3 is 2.93 bits per heavy atom. The summed E-state index contributed by atoms with van der Waals surface area (Å²) < 4.78 is 33.2. The highest BCUT2D eigenvalue weighted by Gasteiger charge is 2.26. The minimum Gasteiger partial charge on any atom is -0.379 e. The summed E-state index contributed by atoms with van der Waals surface area (Å²) in [4.78, 5) is 8.04. The first-order valence-electron chi connectivity index (χ1n) is 9.48. The molecule has 0 saturated carbocycles. The van der Waals surface area contributed by atoms with Gasteiger partial charge in [-0.3, -0.25) is 9.89 Å². The zero-order valence-electron chi connectivity index (χ0n) is 16.9. The fraction of sp³-hybridized carbons (Fsp3) is 0.722. The summed E-state index contributed by atoms with van der Waals surface area (Å²) in [7, 11) is -1.25. The molecule has 1 fully saturated rings. The average Bonchev–Trinajstić information content (AvgIpc) is 3.16. The van der Waals surface area contributed by atoms with Gasteiger partial charge in [-0.15, -0.1) is 11.3 Å². The lowest BCUT2D eigenvalue weighted by Crippen LogP contribution is -2.48. The van der Waals surface area contributed by atoms with Gasteiger partial charge in [0.05, 0.1) is 37.7 Å². The van der Waals surface area contributed by atoms with Crippen LogP contribution in [-0.2, 0) is 19.3 Å². The molecule has 2 unspecified atom stereocenters. The van der Waals surface area contributed by atoms with Crippen molar-refractivity contribution in [2.45, 2.75) is 19.1 Å². The van der Waals surface area contributed by atoms with E-state index in [0.717, 1.165) is 26.2 Å². The van der Waals surface area contributed by atoms with Gasteiger partial charge in [-0.1, -0.05) is 6.07 Å². The van der Waals surface area contributed by atoms with Gasteiger partial charge in [-0.2, -0.15) is 0 Å². The molecule has 1 aliphatic heterocycles. The number of rotatable bonds is 10. The maximum Gasteiger partial charge on any atom is 0.191 e. The van der Waals surface area contributed by atoms with Crippen molar-refractivity contribution in [1.82, 2.24) is 15.5 Å². The standard InChI is InChI=1S/C18H32N4O4S2/c1-15-14-22(7-9-26-15)16(17-5-4-11-27-17)13-21-18(19-2)20-6-8-25-10-12-28(3,23)24/h4-5,11,15-16H,6-10,12-14H2,1-3H3,(H2,19,20,21). The molecule has 0 bridgehead atoms. The summed E-state index contributed by atoms with van der Waals surface area (Å²) in [6, 6.07) is 4.51. The molecule has 0 aliphatic carbocycles. The molecule has 28 heavy (non-hydrogen) atoms. The van der Waals surface area contributed by atoms with Gasteiger partial charge in [0.2, 0.25) is 0 Å². The lowest BCUT2D eigenvalue weighted by molar-refractivity contribution is -0.0334. The largest absolute Gasteiger partial charge is 0.379 e. The van der Waals surface area contributed by atoms with Gasteiger partial charge in [-0.25, -0.2) is 8.42 Å². The van der Waals surface area contributed by atoms with Gasteiger partial charge >= 0.3 is 0 Å². The van der Waals surface area contributed by atoms with E-state index in [1.807, 2.05) is 0 Å². The molecule has 1 saturated heterocycles. The molecular weight excluding hydrogens is 400 g/mol. The third-order valence-electron chi connectivity index (χ3n) is 4.41. The number of thiophene rings is 1. The van der Waals surface area contributed by atoms with E-state index in [-0.39, 0.29) is 24.5 Å². The van der Waals surface area contributed by atoms with Crippen LogP contribution >= 0.6 is 11.3 Å². The molecule has 2 atom stereocenters. The number of hydrogen-bond donors (Lipinski definition) is 2. The smallest absolute Gasteiger partial charge is 0.191 e. The molecule has 1 aliphatic rings. The first-order valence-corrected chi connectivity index (χ1v) is 12.4. The Labute approximate surface area is 172 Å². The Balaban J connectivity index is 1.78. The van der Waals surface area contributed by atoms with Crippen molar-refractivity contribution in [2.24, 2.45) is 4.99 Å². The number of ether oxygens (including phenoxy) is 2. The predicted molar refractivity (Wildman–Crippen MR) is 114 cm³/mol. The number of nitrogens with zero attached hydrogens (tertiary/aromatic N) is 2. The highest BCUT2D eigenvalue weighted by atomic mass is 32.2. The van der Waals surface area contributed by atoms with Crippen molar-refractivity contribution >= 4 is 27.1 Å². The van der Waals surface area contributed by atoms with Crippen LogP contribution in [0.15, 0.2) is 22.5 Å². The molecule has 8 nitrogen and oxygen atoms in total. The van der Waals surface area contributed by atoms with Crippen LogP contribution in [0.4, 0.5) is 0 Å². The summed E-state index contributed by atoms with van der Waals surface area (Å²) in [5.41, 5.74) is 0. The first-order chi connectivity index (χ1) is 13.4. The van der Waals surface area contributed by atoms with Crippen LogP contribution in [0, 0.1) is 0 Å². The lowest BCUT2D eigenvalue weighted by atomic mass is 10.1. The van der Waals surface area contributed by atoms with Gasteiger partial charge < -0.3 is 20.1 Å². The lowest BCUT2D eigenvalue weighted by Gasteiger charge is -2.37. The zero-order valence-corrected chi connectivity index (χ0v) is 18.5. The van der Waals surface area contributed by atoms with Gasteiger partial charge in [0.15, 0.2) is 5.96 Å². The number of hydrogen-bond acceptors (Lipinski definition) is 7. The van der Waals surface area contributed by atoms with Crippen LogP contribution in [0.5, 0.6) is 0 Å². The van der Waals surface area contributed by atoms with E-state index >= 15 is 0 Å². The molecule has 0 amide bonds. The van der Waals surface area contributed by atoms with Crippen molar-refractivity contribution in [3.63, 3.8) is 0 Å². The summed E-state index contributed by atoms with van der Waals surface area (Å²) >= 11 is 1.76. The number of guanidine groups is 1. The maximum atomic E-state index is 11.1. The van der Waals surface area contributed by atoms with E-state index in [1.165, 1.54) is 11.1 Å². The molecule has 1 aromatic rings. The summed E-state index contributed by atoms with van der Waals surface area (Å²) in [6.07, 6.45) is 1.44. The monoisotopic (exact) mass is 432 g/mol. The third-order valence-corrected chi connectivity index (χ3v) is 6.29. The van der Waals surface area contributed by atoms with Crippen molar-refractivity contribution < 1.29 is 17.9 Å². The summed E-state index contributed by atoms with van der Waals surface area (Å²) in [5, 5.41) is 8.71. The Morgan fingerprint density at radius 1 is 1.46 bits per heavy atom. The van der Waals surface area contributed by atoms with Crippen molar-refractivity contribution in [3.05, 3.63) is 22.4 Å². The van der Waals surface area contributed by atoms with Crippen LogP contribution in [-0.4, -0.2) is 90.4 Å². The fourth-order valence-electron chi connectivity index (χ4n) is 2.99. The summed E-state index contributed by atoms with van der Waals surface area (Å²) in [6.45, 7) is 6.60. The molecule has 2 heterocycles. The third kappa shape index (κ3) is 8.44. The van der Waals surface area contributed by atoms with Crippen LogP contribution in [0.3, 0.4) is 0 Å². The van der Waals surface area contributed by atoms with Crippen molar-refractivity contribution in [3.8, 4) is 0 Å². The van der Waals surface area contributed by atoms with E-state index in [4.69, 9.17) is 9.47 Å². The molecule has 10 heteroatoms. The molecule has 0 aromatic carbocycles. The Bertz CT molecular complexity index is 694.